The highest BCUT2D eigenvalue weighted by atomic mass is 32.2. The SMILES string of the molecule is CCCS(=O)(=O)N1CCCC1C(=O)Nc1nc2cc(F)ccc2n1C. The number of imidazole rings is 1. The number of nitrogens with one attached hydrogen (secondary N) is 1. The van der Waals surface area contributed by atoms with E-state index in [1.807, 2.05) is 0 Å². The number of rotatable bonds is 5. The van der Waals surface area contributed by atoms with Crippen molar-refractivity contribution in [3.63, 3.8) is 0 Å². The van der Waals surface area contributed by atoms with Gasteiger partial charge in [0.25, 0.3) is 0 Å². The van der Waals surface area contributed by atoms with Crippen molar-refractivity contribution in [2.45, 2.75) is 32.2 Å². The number of hydrogen-bond acceptors (Lipinski definition) is 4. The lowest BCUT2D eigenvalue weighted by atomic mass is 10.2. The van der Waals surface area contributed by atoms with E-state index in [-0.39, 0.29) is 11.7 Å². The highest BCUT2D eigenvalue weighted by Gasteiger charge is 2.38. The summed E-state index contributed by atoms with van der Waals surface area (Å²) in [6, 6.07) is 3.47. The minimum atomic E-state index is -3.44. The van der Waals surface area contributed by atoms with E-state index < -0.39 is 27.8 Å². The van der Waals surface area contributed by atoms with Crippen molar-refractivity contribution < 1.29 is 17.6 Å². The maximum Gasteiger partial charge on any atom is 0.245 e. The number of carbonyl (C=O) groups is 1. The number of amides is 1. The van der Waals surface area contributed by atoms with Crippen LogP contribution in [-0.2, 0) is 21.9 Å². The van der Waals surface area contributed by atoms with Crippen molar-refractivity contribution in [2.24, 2.45) is 7.05 Å². The van der Waals surface area contributed by atoms with E-state index in [0.29, 0.717) is 36.8 Å². The first-order chi connectivity index (χ1) is 11.8. The predicted molar refractivity (Wildman–Crippen MR) is 93.1 cm³/mol. The summed E-state index contributed by atoms with van der Waals surface area (Å²) in [6.45, 7) is 2.15. The van der Waals surface area contributed by atoms with Gasteiger partial charge in [0.15, 0.2) is 0 Å². The molecule has 0 bridgehead atoms. The molecule has 1 amide bonds. The molecule has 9 heteroatoms. The Kier molecular flexibility index (Phi) is 4.79. The molecule has 1 saturated heterocycles. The minimum absolute atomic E-state index is 0.0301. The highest BCUT2D eigenvalue weighted by Crippen LogP contribution is 2.24. The molecule has 0 saturated carbocycles. The molecule has 25 heavy (non-hydrogen) atoms. The summed E-state index contributed by atoms with van der Waals surface area (Å²) in [5.41, 5.74) is 1.11. The highest BCUT2D eigenvalue weighted by molar-refractivity contribution is 7.89. The summed E-state index contributed by atoms with van der Waals surface area (Å²) in [4.78, 5) is 16.9. The number of carbonyl (C=O) groups excluding carboxylic acids is 1. The maximum absolute atomic E-state index is 13.3. The molecular weight excluding hydrogens is 347 g/mol. The summed E-state index contributed by atoms with van der Waals surface area (Å²) in [5, 5.41) is 2.69. The van der Waals surface area contributed by atoms with Gasteiger partial charge >= 0.3 is 0 Å². The van der Waals surface area contributed by atoms with E-state index in [2.05, 4.69) is 10.3 Å². The normalized spacial score (nSPS) is 18.8. The van der Waals surface area contributed by atoms with Crippen LogP contribution in [0.5, 0.6) is 0 Å². The van der Waals surface area contributed by atoms with Gasteiger partial charge in [-0.25, -0.2) is 17.8 Å². The minimum Gasteiger partial charge on any atom is -0.313 e. The second kappa shape index (κ2) is 6.72. The zero-order chi connectivity index (χ0) is 18.2. The van der Waals surface area contributed by atoms with E-state index in [4.69, 9.17) is 0 Å². The number of benzene rings is 1. The molecule has 1 atom stereocenters. The third kappa shape index (κ3) is 3.38. The number of hydrogen-bond donors (Lipinski definition) is 1. The smallest absolute Gasteiger partial charge is 0.245 e. The number of anilines is 1. The van der Waals surface area contributed by atoms with Crippen LogP contribution in [0.15, 0.2) is 18.2 Å². The van der Waals surface area contributed by atoms with Crippen LogP contribution in [0, 0.1) is 5.82 Å². The van der Waals surface area contributed by atoms with Crippen molar-refractivity contribution in [1.29, 1.82) is 0 Å². The van der Waals surface area contributed by atoms with Gasteiger partial charge in [-0.1, -0.05) is 6.92 Å². The summed E-state index contributed by atoms with van der Waals surface area (Å²) in [6.07, 6.45) is 1.63. The largest absolute Gasteiger partial charge is 0.313 e. The number of aryl methyl sites for hydroxylation is 1. The Bertz CT molecular complexity index is 909. The third-order valence-electron chi connectivity index (χ3n) is 4.40. The van der Waals surface area contributed by atoms with E-state index in [9.17, 15) is 17.6 Å². The number of halogens is 1. The average Bonchev–Trinajstić information content (AvgIpc) is 3.14. The number of fused-ring (bicyclic) bond motifs is 1. The van der Waals surface area contributed by atoms with Gasteiger partial charge in [0.2, 0.25) is 21.9 Å². The Morgan fingerprint density at radius 2 is 2.20 bits per heavy atom. The van der Waals surface area contributed by atoms with E-state index >= 15 is 0 Å². The molecule has 1 unspecified atom stereocenters. The molecule has 0 aliphatic carbocycles. The first-order valence-electron chi connectivity index (χ1n) is 8.26. The van der Waals surface area contributed by atoms with Crippen LogP contribution in [0.3, 0.4) is 0 Å². The lowest BCUT2D eigenvalue weighted by Crippen LogP contribution is -2.44. The lowest BCUT2D eigenvalue weighted by molar-refractivity contribution is -0.119. The zero-order valence-electron chi connectivity index (χ0n) is 14.2. The van der Waals surface area contributed by atoms with Crippen molar-refractivity contribution >= 4 is 32.9 Å². The van der Waals surface area contributed by atoms with Gasteiger partial charge in [0.05, 0.1) is 16.8 Å². The molecule has 1 fully saturated rings. The molecule has 1 aromatic heterocycles. The third-order valence-corrected chi connectivity index (χ3v) is 6.48. The molecule has 1 aliphatic rings. The van der Waals surface area contributed by atoms with Crippen molar-refractivity contribution in [3.8, 4) is 0 Å². The van der Waals surface area contributed by atoms with Crippen LogP contribution in [-0.4, -0.2) is 46.5 Å². The predicted octanol–water partition coefficient (Wildman–Crippen LogP) is 1.86. The van der Waals surface area contributed by atoms with Gasteiger partial charge in [-0.3, -0.25) is 10.1 Å². The molecule has 0 radical (unpaired) electrons. The molecule has 1 aliphatic heterocycles. The van der Waals surface area contributed by atoms with Crippen molar-refractivity contribution in [3.05, 3.63) is 24.0 Å². The summed E-state index contributed by atoms with van der Waals surface area (Å²) in [7, 11) is -1.73. The fourth-order valence-electron chi connectivity index (χ4n) is 3.19. The van der Waals surface area contributed by atoms with E-state index in [1.54, 1.807) is 24.6 Å². The van der Waals surface area contributed by atoms with Crippen LogP contribution in [0.2, 0.25) is 0 Å². The van der Waals surface area contributed by atoms with Crippen LogP contribution in [0.25, 0.3) is 11.0 Å². The fraction of sp³-hybridized carbons (Fsp3) is 0.500. The van der Waals surface area contributed by atoms with Gasteiger partial charge in [-0.05, 0) is 31.4 Å². The van der Waals surface area contributed by atoms with Gasteiger partial charge < -0.3 is 4.57 Å². The molecule has 1 aromatic carbocycles. The monoisotopic (exact) mass is 368 g/mol. The van der Waals surface area contributed by atoms with Gasteiger partial charge in [-0.15, -0.1) is 0 Å². The fourth-order valence-corrected chi connectivity index (χ4v) is 4.94. The Morgan fingerprint density at radius 1 is 1.44 bits per heavy atom. The van der Waals surface area contributed by atoms with Crippen molar-refractivity contribution in [1.82, 2.24) is 13.9 Å². The topological polar surface area (TPSA) is 84.3 Å². The van der Waals surface area contributed by atoms with Crippen LogP contribution < -0.4 is 5.32 Å². The summed E-state index contributed by atoms with van der Waals surface area (Å²) >= 11 is 0. The zero-order valence-corrected chi connectivity index (χ0v) is 15.0. The van der Waals surface area contributed by atoms with E-state index in [0.717, 1.165) is 0 Å². The standard InChI is InChI=1S/C16H21FN4O3S/c1-3-9-25(23,24)21-8-4-5-14(21)15(22)19-16-18-12-10-11(17)6-7-13(12)20(16)2/h6-7,10,14H,3-5,8-9H2,1-2H3,(H,18,19,22). The molecule has 2 heterocycles. The summed E-state index contributed by atoms with van der Waals surface area (Å²) < 4.78 is 40.9. The number of nitrogens with zero attached hydrogens (tertiary/aromatic N) is 3. The molecule has 7 nitrogen and oxygen atoms in total. The molecule has 2 aromatic rings. The lowest BCUT2D eigenvalue weighted by Gasteiger charge is -2.22. The second-order valence-electron chi connectivity index (χ2n) is 6.20. The van der Waals surface area contributed by atoms with Crippen LogP contribution in [0.1, 0.15) is 26.2 Å². The average molecular weight is 368 g/mol. The first-order valence-corrected chi connectivity index (χ1v) is 9.86. The molecular formula is C16H21FN4O3S. The van der Waals surface area contributed by atoms with Gasteiger partial charge in [0, 0.05) is 19.7 Å². The van der Waals surface area contributed by atoms with Gasteiger partial charge in [0.1, 0.15) is 11.9 Å². The molecule has 1 N–H and O–H groups in total. The van der Waals surface area contributed by atoms with Crippen molar-refractivity contribution in [2.75, 3.05) is 17.6 Å². The molecule has 3 rings (SSSR count). The quantitative estimate of drug-likeness (QED) is 0.873. The Morgan fingerprint density at radius 3 is 2.92 bits per heavy atom. The van der Waals surface area contributed by atoms with Crippen LogP contribution in [0.4, 0.5) is 10.3 Å². The summed E-state index contributed by atoms with van der Waals surface area (Å²) in [5.74, 6) is -0.514. The van der Waals surface area contributed by atoms with Crippen LogP contribution >= 0.6 is 0 Å². The molecule has 136 valence electrons. The maximum atomic E-state index is 13.3. The Balaban J connectivity index is 1.83. The van der Waals surface area contributed by atoms with Gasteiger partial charge in [-0.2, -0.15) is 4.31 Å². The first kappa shape index (κ1) is 17.8. The number of sulfonamides is 1. The Hall–Kier alpha value is -2.00. The molecule has 0 spiro atoms. The Labute approximate surface area is 145 Å². The van der Waals surface area contributed by atoms with E-state index in [1.165, 1.54) is 16.4 Å². The second-order valence-corrected chi connectivity index (χ2v) is 8.24. The number of aromatic nitrogens is 2.